The van der Waals surface area contributed by atoms with E-state index in [0.717, 1.165) is 38.3 Å². The lowest BCUT2D eigenvalue weighted by molar-refractivity contribution is 0.148. The van der Waals surface area contributed by atoms with Crippen LogP contribution in [-0.4, -0.2) is 43.0 Å². The van der Waals surface area contributed by atoms with Gasteiger partial charge in [-0.05, 0) is 18.7 Å². The van der Waals surface area contributed by atoms with Crippen molar-refractivity contribution in [3.05, 3.63) is 33.8 Å². The number of nitrogens with zero attached hydrogens (tertiary/aromatic N) is 2. The summed E-state index contributed by atoms with van der Waals surface area (Å²) in [7, 11) is 2.16. The minimum Gasteiger partial charge on any atom is -0.304 e. The summed E-state index contributed by atoms with van der Waals surface area (Å²) in [4.78, 5) is 4.76. The van der Waals surface area contributed by atoms with E-state index < -0.39 is 0 Å². The number of likely N-dealkylation sites (N-methyl/N-ethyl adjacent to an activating group) is 1. The summed E-state index contributed by atoms with van der Waals surface area (Å²) in [5.41, 5.74) is 1.12. The Kier molecular flexibility index (Phi) is 4.09. The maximum Gasteiger partial charge on any atom is 0.0637 e. The third-order valence-electron chi connectivity index (χ3n) is 3.02. The maximum atomic E-state index is 6.17. The molecule has 2 rings (SSSR count). The molecule has 1 fully saturated rings. The molecule has 1 aromatic carbocycles. The van der Waals surface area contributed by atoms with Crippen LogP contribution < -0.4 is 0 Å². The van der Waals surface area contributed by atoms with E-state index in [1.807, 2.05) is 18.2 Å². The Labute approximate surface area is 107 Å². The summed E-state index contributed by atoms with van der Waals surface area (Å²) in [6.07, 6.45) is 0. The highest BCUT2D eigenvalue weighted by molar-refractivity contribution is 6.42. The third kappa shape index (κ3) is 2.89. The molecule has 0 aliphatic carbocycles. The van der Waals surface area contributed by atoms with Crippen molar-refractivity contribution >= 4 is 23.2 Å². The van der Waals surface area contributed by atoms with Gasteiger partial charge in [-0.2, -0.15) is 0 Å². The molecule has 0 atom stereocenters. The first-order chi connectivity index (χ1) is 7.66. The smallest absolute Gasteiger partial charge is 0.0637 e. The van der Waals surface area contributed by atoms with Crippen LogP contribution in [0.2, 0.25) is 10.0 Å². The summed E-state index contributed by atoms with van der Waals surface area (Å²) in [6, 6.07) is 5.84. The van der Waals surface area contributed by atoms with E-state index in [2.05, 4.69) is 16.8 Å². The molecular weight excluding hydrogens is 243 g/mol. The van der Waals surface area contributed by atoms with Gasteiger partial charge in [-0.3, -0.25) is 4.90 Å². The fraction of sp³-hybridized carbons (Fsp3) is 0.500. The topological polar surface area (TPSA) is 6.48 Å². The van der Waals surface area contributed by atoms with Crippen LogP contribution in [0.4, 0.5) is 0 Å². The van der Waals surface area contributed by atoms with Gasteiger partial charge >= 0.3 is 0 Å². The van der Waals surface area contributed by atoms with Gasteiger partial charge in [0.25, 0.3) is 0 Å². The normalized spacial score (nSPS) is 18.9. The third-order valence-corrected chi connectivity index (χ3v) is 3.88. The fourth-order valence-electron chi connectivity index (χ4n) is 1.92. The summed E-state index contributed by atoms with van der Waals surface area (Å²) < 4.78 is 0. The number of rotatable bonds is 2. The molecule has 16 heavy (non-hydrogen) atoms. The second-order valence-electron chi connectivity index (χ2n) is 4.29. The molecule has 0 unspecified atom stereocenters. The quantitative estimate of drug-likeness (QED) is 0.805. The minimum atomic E-state index is 0.647. The van der Waals surface area contributed by atoms with Crippen LogP contribution in [0.15, 0.2) is 18.2 Å². The van der Waals surface area contributed by atoms with Gasteiger partial charge in [-0.15, -0.1) is 0 Å². The van der Waals surface area contributed by atoms with Gasteiger partial charge in [0.05, 0.1) is 10.0 Å². The number of hydrogen-bond donors (Lipinski definition) is 0. The van der Waals surface area contributed by atoms with Crippen molar-refractivity contribution in [2.45, 2.75) is 6.54 Å². The Bertz CT molecular complexity index is 360. The predicted molar refractivity (Wildman–Crippen MR) is 69.2 cm³/mol. The van der Waals surface area contributed by atoms with Crippen molar-refractivity contribution in [2.24, 2.45) is 0 Å². The number of piperazine rings is 1. The van der Waals surface area contributed by atoms with Crippen LogP contribution in [0.1, 0.15) is 5.56 Å². The molecule has 0 radical (unpaired) electrons. The minimum absolute atomic E-state index is 0.647. The van der Waals surface area contributed by atoms with E-state index >= 15 is 0 Å². The van der Waals surface area contributed by atoms with E-state index in [1.54, 1.807) is 0 Å². The lowest BCUT2D eigenvalue weighted by Crippen LogP contribution is -2.43. The van der Waals surface area contributed by atoms with Gasteiger partial charge in [0.2, 0.25) is 0 Å². The molecule has 0 amide bonds. The summed E-state index contributed by atoms with van der Waals surface area (Å²) in [5.74, 6) is 0. The Morgan fingerprint density at radius 3 is 2.50 bits per heavy atom. The van der Waals surface area contributed by atoms with E-state index in [-0.39, 0.29) is 0 Å². The lowest BCUT2D eigenvalue weighted by Gasteiger charge is -2.32. The molecule has 0 N–H and O–H groups in total. The molecule has 0 saturated carbocycles. The van der Waals surface area contributed by atoms with Crippen LogP contribution in [0.25, 0.3) is 0 Å². The highest BCUT2D eigenvalue weighted by Crippen LogP contribution is 2.26. The highest BCUT2D eigenvalue weighted by Gasteiger charge is 2.15. The van der Waals surface area contributed by atoms with Crippen LogP contribution in [0, 0.1) is 0 Å². The zero-order valence-electron chi connectivity index (χ0n) is 9.42. The second-order valence-corrected chi connectivity index (χ2v) is 5.08. The molecule has 0 aromatic heterocycles. The van der Waals surface area contributed by atoms with Gasteiger partial charge in [0.15, 0.2) is 0 Å². The molecule has 2 nitrogen and oxygen atoms in total. The van der Waals surface area contributed by atoms with Crippen LogP contribution >= 0.6 is 23.2 Å². The first-order valence-electron chi connectivity index (χ1n) is 5.50. The summed E-state index contributed by atoms with van der Waals surface area (Å²) >= 11 is 12.2. The van der Waals surface area contributed by atoms with Crippen molar-refractivity contribution in [3.8, 4) is 0 Å². The molecule has 1 saturated heterocycles. The molecular formula is C12H16Cl2N2. The molecule has 1 aromatic rings. The summed E-state index contributed by atoms with van der Waals surface area (Å²) in [6.45, 7) is 5.34. The Morgan fingerprint density at radius 1 is 1.12 bits per heavy atom. The first-order valence-corrected chi connectivity index (χ1v) is 6.26. The molecule has 1 heterocycles. The van der Waals surface area contributed by atoms with Crippen LogP contribution in [0.5, 0.6) is 0 Å². The van der Waals surface area contributed by atoms with Gasteiger partial charge in [-0.25, -0.2) is 0 Å². The van der Waals surface area contributed by atoms with E-state index in [1.165, 1.54) is 0 Å². The second kappa shape index (κ2) is 5.37. The zero-order chi connectivity index (χ0) is 11.5. The summed E-state index contributed by atoms with van der Waals surface area (Å²) in [5, 5.41) is 1.34. The van der Waals surface area contributed by atoms with E-state index in [4.69, 9.17) is 23.2 Å². The fourth-order valence-corrected chi connectivity index (χ4v) is 2.30. The number of benzene rings is 1. The van der Waals surface area contributed by atoms with Gasteiger partial charge < -0.3 is 4.90 Å². The molecule has 4 heteroatoms. The first kappa shape index (κ1) is 12.2. The van der Waals surface area contributed by atoms with E-state index in [0.29, 0.717) is 10.0 Å². The molecule has 0 bridgehead atoms. The van der Waals surface area contributed by atoms with Gasteiger partial charge in [0, 0.05) is 32.7 Å². The Balaban J connectivity index is 2.01. The van der Waals surface area contributed by atoms with Crippen LogP contribution in [-0.2, 0) is 6.54 Å². The van der Waals surface area contributed by atoms with Crippen molar-refractivity contribution in [1.82, 2.24) is 9.80 Å². The highest BCUT2D eigenvalue weighted by atomic mass is 35.5. The van der Waals surface area contributed by atoms with Gasteiger partial charge in [0.1, 0.15) is 0 Å². The van der Waals surface area contributed by atoms with Crippen LogP contribution in [0.3, 0.4) is 0 Å². The Morgan fingerprint density at radius 2 is 1.81 bits per heavy atom. The zero-order valence-corrected chi connectivity index (χ0v) is 10.9. The van der Waals surface area contributed by atoms with E-state index in [9.17, 15) is 0 Å². The van der Waals surface area contributed by atoms with Crippen molar-refractivity contribution < 1.29 is 0 Å². The molecule has 1 aliphatic heterocycles. The lowest BCUT2D eigenvalue weighted by atomic mass is 10.2. The average molecular weight is 259 g/mol. The number of hydrogen-bond acceptors (Lipinski definition) is 2. The van der Waals surface area contributed by atoms with Crippen molar-refractivity contribution in [1.29, 1.82) is 0 Å². The molecule has 88 valence electrons. The standard InChI is InChI=1S/C12H16Cl2N2/c1-15-5-7-16(8-6-15)9-10-3-2-4-11(13)12(10)14/h2-4H,5-9H2,1H3. The molecule has 1 aliphatic rings. The van der Waals surface area contributed by atoms with Crippen molar-refractivity contribution in [2.75, 3.05) is 33.2 Å². The average Bonchev–Trinajstić information content (AvgIpc) is 2.28. The van der Waals surface area contributed by atoms with Gasteiger partial charge in [-0.1, -0.05) is 35.3 Å². The molecule has 0 spiro atoms. The maximum absolute atomic E-state index is 6.17. The monoisotopic (exact) mass is 258 g/mol. The Hall–Kier alpha value is -0.280. The van der Waals surface area contributed by atoms with Crippen molar-refractivity contribution in [3.63, 3.8) is 0 Å². The SMILES string of the molecule is CN1CCN(Cc2cccc(Cl)c2Cl)CC1. The number of halogens is 2. The predicted octanol–water partition coefficient (Wildman–Crippen LogP) is 2.74. The largest absolute Gasteiger partial charge is 0.304 e.